The van der Waals surface area contributed by atoms with Crippen LogP contribution in [0.15, 0.2) is 78.9 Å². The van der Waals surface area contributed by atoms with E-state index in [1.54, 1.807) is 36.4 Å². The summed E-state index contributed by atoms with van der Waals surface area (Å²) >= 11 is 0. The number of hydrogen-bond donors (Lipinski definition) is 1. The number of nitrogens with zero attached hydrogens (tertiary/aromatic N) is 1. The zero-order chi connectivity index (χ0) is 23.9. The summed E-state index contributed by atoms with van der Waals surface area (Å²) in [6, 6.07) is 22.3. The molecule has 0 spiro atoms. The van der Waals surface area contributed by atoms with Crippen molar-refractivity contribution >= 4 is 38.1 Å². The Kier molecular flexibility index (Phi) is 5.57. The molecule has 0 atom stereocenters. The maximum atomic E-state index is 13.2. The highest BCUT2D eigenvalue weighted by atomic mass is 32.2. The zero-order valence-corrected chi connectivity index (χ0v) is 19.4. The Labute approximate surface area is 197 Å². The molecule has 0 unspecified atom stereocenters. The van der Waals surface area contributed by atoms with E-state index in [9.17, 15) is 17.6 Å². The highest BCUT2D eigenvalue weighted by Gasteiger charge is 2.20. The first-order valence-corrected chi connectivity index (χ1v) is 12.8. The zero-order valence-electron chi connectivity index (χ0n) is 18.6. The van der Waals surface area contributed by atoms with Crippen LogP contribution in [0.4, 0.5) is 15.8 Å². The molecule has 4 aromatic rings. The number of benzene rings is 4. The molecular weight excluding hydrogens is 451 g/mol. The number of hydrogen-bond acceptors (Lipinski definition) is 3. The lowest BCUT2D eigenvalue weighted by Crippen LogP contribution is -2.29. The second-order valence-electron chi connectivity index (χ2n) is 8.51. The van der Waals surface area contributed by atoms with Crippen LogP contribution < -0.4 is 9.62 Å². The molecule has 0 saturated heterocycles. The van der Waals surface area contributed by atoms with E-state index in [1.807, 2.05) is 18.2 Å². The summed E-state index contributed by atoms with van der Waals surface area (Å²) in [5, 5.41) is 5.25. The van der Waals surface area contributed by atoms with Gasteiger partial charge in [0, 0.05) is 16.6 Å². The van der Waals surface area contributed by atoms with Crippen molar-refractivity contribution in [2.75, 3.05) is 15.9 Å². The van der Waals surface area contributed by atoms with Gasteiger partial charge >= 0.3 is 0 Å². The molecular formula is C27H23FN2O3S. The SMILES string of the molecule is CS(=O)(=O)N(Cc1ccc(F)cc1)c1ccc(C(=O)Nc2ccc3c4c(cccc24)CC3)cc1. The smallest absolute Gasteiger partial charge is 0.255 e. The van der Waals surface area contributed by atoms with Crippen molar-refractivity contribution in [1.29, 1.82) is 0 Å². The van der Waals surface area contributed by atoms with E-state index in [4.69, 9.17) is 0 Å². The summed E-state index contributed by atoms with van der Waals surface area (Å²) < 4.78 is 39.3. The fourth-order valence-electron chi connectivity index (χ4n) is 4.49. The van der Waals surface area contributed by atoms with Crippen LogP contribution in [0.25, 0.3) is 10.8 Å². The predicted octanol–water partition coefficient (Wildman–Crippen LogP) is 5.30. The maximum Gasteiger partial charge on any atom is 0.255 e. The van der Waals surface area contributed by atoms with Gasteiger partial charge in [-0.05, 0) is 77.4 Å². The highest BCUT2D eigenvalue weighted by molar-refractivity contribution is 7.92. The number of carbonyl (C=O) groups excluding carboxylic acids is 1. The number of aryl methyl sites for hydroxylation is 2. The van der Waals surface area contributed by atoms with Gasteiger partial charge in [-0.2, -0.15) is 0 Å². The molecule has 0 radical (unpaired) electrons. The van der Waals surface area contributed by atoms with Gasteiger partial charge in [0.25, 0.3) is 5.91 Å². The van der Waals surface area contributed by atoms with Crippen LogP contribution in [0.5, 0.6) is 0 Å². The summed E-state index contributed by atoms with van der Waals surface area (Å²) in [5.74, 6) is -0.653. The van der Waals surface area contributed by atoms with Crippen LogP contribution in [-0.4, -0.2) is 20.6 Å². The van der Waals surface area contributed by atoms with Crippen molar-refractivity contribution in [3.8, 4) is 0 Å². The van der Waals surface area contributed by atoms with E-state index >= 15 is 0 Å². The first kappa shape index (κ1) is 22.1. The Morgan fingerprint density at radius 2 is 1.59 bits per heavy atom. The average Bonchev–Trinajstić information content (AvgIpc) is 3.24. The third-order valence-corrected chi connectivity index (χ3v) is 7.32. The number of amides is 1. The molecule has 0 aliphatic heterocycles. The first-order valence-electron chi connectivity index (χ1n) is 11.0. The fraction of sp³-hybridized carbons (Fsp3) is 0.148. The maximum absolute atomic E-state index is 13.2. The molecule has 0 bridgehead atoms. The molecule has 0 heterocycles. The predicted molar refractivity (Wildman–Crippen MR) is 133 cm³/mol. The molecule has 172 valence electrons. The van der Waals surface area contributed by atoms with Crippen molar-refractivity contribution in [3.05, 3.63) is 107 Å². The molecule has 5 rings (SSSR count). The second-order valence-corrected chi connectivity index (χ2v) is 10.4. The molecule has 4 aromatic carbocycles. The molecule has 0 fully saturated rings. The van der Waals surface area contributed by atoms with Crippen molar-refractivity contribution in [3.63, 3.8) is 0 Å². The number of nitrogens with one attached hydrogen (secondary N) is 1. The lowest BCUT2D eigenvalue weighted by molar-refractivity contribution is 0.102. The molecule has 0 saturated carbocycles. The van der Waals surface area contributed by atoms with Crippen LogP contribution in [0.2, 0.25) is 0 Å². The number of rotatable bonds is 6. The van der Waals surface area contributed by atoms with Crippen molar-refractivity contribution in [1.82, 2.24) is 0 Å². The van der Waals surface area contributed by atoms with Crippen LogP contribution in [0.1, 0.15) is 27.0 Å². The average molecular weight is 475 g/mol. The van der Waals surface area contributed by atoms with Gasteiger partial charge in [-0.3, -0.25) is 9.10 Å². The van der Waals surface area contributed by atoms with Crippen LogP contribution in [0.3, 0.4) is 0 Å². The Bertz CT molecular complexity index is 1490. The first-order chi connectivity index (χ1) is 16.3. The number of sulfonamides is 1. The third-order valence-electron chi connectivity index (χ3n) is 6.18. The number of anilines is 2. The van der Waals surface area contributed by atoms with E-state index in [1.165, 1.54) is 33.0 Å². The molecule has 34 heavy (non-hydrogen) atoms. The monoisotopic (exact) mass is 474 g/mol. The lowest BCUT2D eigenvalue weighted by Gasteiger charge is -2.23. The van der Waals surface area contributed by atoms with Crippen LogP contribution in [-0.2, 0) is 29.4 Å². The third kappa shape index (κ3) is 4.26. The van der Waals surface area contributed by atoms with Crippen LogP contribution >= 0.6 is 0 Å². The molecule has 0 aromatic heterocycles. The number of carbonyl (C=O) groups is 1. The minimum Gasteiger partial charge on any atom is -0.321 e. The van der Waals surface area contributed by atoms with E-state index in [-0.39, 0.29) is 18.3 Å². The summed E-state index contributed by atoms with van der Waals surface area (Å²) in [7, 11) is -3.60. The standard InChI is InChI=1S/C27H23FN2O3S/c1-34(32,33)30(17-18-5-12-22(28)13-6-18)23-14-9-21(10-15-23)27(31)29-25-16-11-20-8-7-19-3-2-4-24(25)26(19)20/h2-6,9-16H,7-8,17H2,1H3,(H,29,31). The van der Waals surface area contributed by atoms with Gasteiger partial charge in [0.15, 0.2) is 0 Å². The van der Waals surface area contributed by atoms with Crippen molar-refractivity contribution < 1.29 is 17.6 Å². The van der Waals surface area contributed by atoms with Gasteiger partial charge in [0.05, 0.1) is 18.5 Å². The van der Waals surface area contributed by atoms with Crippen molar-refractivity contribution in [2.45, 2.75) is 19.4 Å². The summed E-state index contributed by atoms with van der Waals surface area (Å²) in [4.78, 5) is 13.0. The Hall–Kier alpha value is -3.71. The molecule has 7 heteroatoms. The summed E-state index contributed by atoms with van der Waals surface area (Å²) in [5.41, 5.74) is 4.85. The topological polar surface area (TPSA) is 66.5 Å². The van der Waals surface area contributed by atoms with E-state index in [0.29, 0.717) is 16.8 Å². The minimum absolute atomic E-state index is 0.0608. The van der Waals surface area contributed by atoms with E-state index in [0.717, 1.165) is 30.2 Å². The molecule has 1 amide bonds. The Morgan fingerprint density at radius 3 is 2.26 bits per heavy atom. The second kappa shape index (κ2) is 8.57. The molecule has 5 nitrogen and oxygen atoms in total. The van der Waals surface area contributed by atoms with E-state index in [2.05, 4.69) is 17.4 Å². The summed E-state index contributed by atoms with van der Waals surface area (Å²) in [6.45, 7) is 0.0608. The van der Waals surface area contributed by atoms with Gasteiger partial charge in [0.1, 0.15) is 5.82 Å². The molecule has 1 N–H and O–H groups in total. The Morgan fingerprint density at radius 1 is 0.912 bits per heavy atom. The normalized spacial score (nSPS) is 12.6. The highest BCUT2D eigenvalue weighted by Crippen LogP contribution is 2.35. The van der Waals surface area contributed by atoms with E-state index < -0.39 is 10.0 Å². The van der Waals surface area contributed by atoms with Crippen LogP contribution in [0, 0.1) is 5.82 Å². The number of halogens is 1. The van der Waals surface area contributed by atoms with Gasteiger partial charge < -0.3 is 5.32 Å². The Balaban J connectivity index is 1.38. The fourth-order valence-corrected chi connectivity index (χ4v) is 5.37. The summed E-state index contributed by atoms with van der Waals surface area (Å²) in [6.07, 6.45) is 3.15. The van der Waals surface area contributed by atoms with Gasteiger partial charge in [0.2, 0.25) is 10.0 Å². The van der Waals surface area contributed by atoms with Gasteiger partial charge in [-0.15, -0.1) is 0 Å². The van der Waals surface area contributed by atoms with Gasteiger partial charge in [-0.1, -0.05) is 36.4 Å². The van der Waals surface area contributed by atoms with Gasteiger partial charge in [-0.25, -0.2) is 12.8 Å². The quantitative estimate of drug-likeness (QED) is 0.413. The lowest BCUT2D eigenvalue weighted by atomic mass is 10.0. The molecule has 1 aliphatic carbocycles. The minimum atomic E-state index is -3.60. The largest absolute Gasteiger partial charge is 0.321 e. The van der Waals surface area contributed by atoms with Crippen molar-refractivity contribution in [2.24, 2.45) is 0 Å². The molecule has 1 aliphatic rings.